The second kappa shape index (κ2) is 7.26. The quantitative estimate of drug-likeness (QED) is 0.862. The molecule has 0 saturated carbocycles. The molecule has 2 aromatic carbocycles. The van der Waals surface area contributed by atoms with E-state index in [9.17, 15) is 9.59 Å². The molecule has 0 aliphatic heterocycles. The summed E-state index contributed by atoms with van der Waals surface area (Å²) < 4.78 is 10.2. The largest absolute Gasteiger partial charge is 0.496 e. The summed E-state index contributed by atoms with van der Waals surface area (Å²) in [5.41, 5.74) is 1.10. The third kappa shape index (κ3) is 3.44. The van der Waals surface area contributed by atoms with Crippen molar-refractivity contribution >= 4 is 17.6 Å². The lowest BCUT2D eigenvalue weighted by Gasteiger charge is -2.12. The first-order valence-electron chi connectivity index (χ1n) is 6.88. The van der Waals surface area contributed by atoms with E-state index in [1.165, 1.54) is 7.11 Å². The molecule has 0 bridgehead atoms. The molecule has 0 fully saturated rings. The molecule has 0 aromatic heterocycles. The van der Waals surface area contributed by atoms with Crippen molar-refractivity contribution in [2.24, 2.45) is 0 Å². The summed E-state index contributed by atoms with van der Waals surface area (Å²) in [6.45, 7) is 2.00. The van der Waals surface area contributed by atoms with Crippen molar-refractivity contribution in [3.8, 4) is 5.75 Å². The Balaban J connectivity index is 2.27. The highest BCUT2D eigenvalue weighted by molar-refractivity contribution is 6.09. The molecule has 5 heteroatoms. The Kier molecular flexibility index (Phi) is 5.14. The van der Waals surface area contributed by atoms with Gasteiger partial charge in [0.05, 0.1) is 30.5 Å². The summed E-state index contributed by atoms with van der Waals surface area (Å²) in [7, 11) is 1.50. The molecule has 0 atom stereocenters. The number of carbonyl (C=O) groups is 2. The normalized spacial score (nSPS) is 9.91. The summed E-state index contributed by atoms with van der Waals surface area (Å²) in [6.07, 6.45) is 0. The highest BCUT2D eigenvalue weighted by atomic mass is 16.5. The van der Waals surface area contributed by atoms with Gasteiger partial charge in [-0.2, -0.15) is 0 Å². The number of anilines is 1. The second-order valence-electron chi connectivity index (χ2n) is 4.42. The SMILES string of the molecule is CCOC(=O)c1ccccc1NC(=O)c1ccccc1OC. The van der Waals surface area contributed by atoms with Crippen LogP contribution in [0.15, 0.2) is 48.5 Å². The van der Waals surface area contributed by atoms with Gasteiger partial charge in [-0.05, 0) is 31.2 Å². The van der Waals surface area contributed by atoms with Crippen LogP contribution >= 0.6 is 0 Å². The van der Waals surface area contributed by atoms with E-state index in [0.717, 1.165) is 0 Å². The van der Waals surface area contributed by atoms with Crippen LogP contribution in [0, 0.1) is 0 Å². The van der Waals surface area contributed by atoms with Gasteiger partial charge in [-0.1, -0.05) is 24.3 Å². The molecule has 0 radical (unpaired) electrons. The molecule has 1 N–H and O–H groups in total. The van der Waals surface area contributed by atoms with Crippen molar-refractivity contribution in [2.45, 2.75) is 6.92 Å². The average Bonchev–Trinajstić information content (AvgIpc) is 2.55. The number of para-hydroxylation sites is 2. The Morgan fingerprint density at radius 1 is 1.00 bits per heavy atom. The zero-order valence-electron chi connectivity index (χ0n) is 12.5. The summed E-state index contributed by atoms with van der Waals surface area (Å²) in [5, 5.41) is 2.72. The second-order valence-corrected chi connectivity index (χ2v) is 4.42. The first-order chi connectivity index (χ1) is 10.7. The van der Waals surface area contributed by atoms with Crippen LogP contribution in [-0.2, 0) is 4.74 Å². The zero-order valence-corrected chi connectivity index (χ0v) is 12.5. The summed E-state index contributed by atoms with van der Waals surface area (Å²) in [4.78, 5) is 24.3. The minimum atomic E-state index is -0.474. The van der Waals surface area contributed by atoms with Gasteiger partial charge in [0.1, 0.15) is 5.75 Å². The molecule has 5 nitrogen and oxygen atoms in total. The number of methoxy groups -OCH3 is 1. The van der Waals surface area contributed by atoms with Gasteiger partial charge in [0.15, 0.2) is 0 Å². The third-order valence-electron chi connectivity index (χ3n) is 3.02. The van der Waals surface area contributed by atoms with Crippen molar-refractivity contribution < 1.29 is 19.1 Å². The molecular formula is C17H17NO4. The molecule has 22 heavy (non-hydrogen) atoms. The van der Waals surface area contributed by atoms with Crippen LogP contribution in [0.25, 0.3) is 0 Å². The fourth-order valence-corrected chi connectivity index (χ4v) is 2.00. The van der Waals surface area contributed by atoms with E-state index in [-0.39, 0.29) is 12.5 Å². The van der Waals surface area contributed by atoms with Crippen LogP contribution in [0.4, 0.5) is 5.69 Å². The highest BCUT2D eigenvalue weighted by Crippen LogP contribution is 2.21. The molecule has 0 aliphatic carbocycles. The van der Waals surface area contributed by atoms with Gasteiger partial charge in [0.25, 0.3) is 5.91 Å². The molecule has 0 spiro atoms. The lowest BCUT2D eigenvalue weighted by atomic mass is 10.1. The Bertz CT molecular complexity index is 682. The maximum atomic E-state index is 12.4. The molecule has 1 amide bonds. The van der Waals surface area contributed by atoms with Crippen LogP contribution in [0.5, 0.6) is 5.75 Å². The van der Waals surface area contributed by atoms with Crippen molar-refractivity contribution in [1.82, 2.24) is 0 Å². The Morgan fingerprint density at radius 3 is 2.32 bits per heavy atom. The van der Waals surface area contributed by atoms with Gasteiger partial charge in [-0.15, -0.1) is 0 Å². The lowest BCUT2D eigenvalue weighted by molar-refractivity contribution is 0.0527. The van der Waals surface area contributed by atoms with Crippen LogP contribution in [0.3, 0.4) is 0 Å². The van der Waals surface area contributed by atoms with E-state index < -0.39 is 5.97 Å². The van der Waals surface area contributed by atoms with Gasteiger partial charge in [-0.25, -0.2) is 4.79 Å². The number of carbonyl (C=O) groups excluding carboxylic acids is 2. The number of rotatable bonds is 5. The molecule has 114 valence electrons. The van der Waals surface area contributed by atoms with Crippen LogP contribution in [-0.4, -0.2) is 25.6 Å². The van der Waals surface area contributed by atoms with E-state index in [2.05, 4.69) is 5.32 Å². The topological polar surface area (TPSA) is 64.6 Å². The molecule has 0 unspecified atom stereocenters. The van der Waals surface area contributed by atoms with Gasteiger partial charge in [0, 0.05) is 0 Å². The van der Waals surface area contributed by atoms with Gasteiger partial charge in [0.2, 0.25) is 0 Å². The molecule has 0 saturated heterocycles. The Morgan fingerprint density at radius 2 is 1.64 bits per heavy atom. The first kappa shape index (κ1) is 15.6. The van der Waals surface area contributed by atoms with E-state index in [1.54, 1.807) is 55.5 Å². The maximum Gasteiger partial charge on any atom is 0.340 e. The van der Waals surface area contributed by atoms with E-state index >= 15 is 0 Å². The molecule has 0 heterocycles. The van der Waals surface area contributed by atoms with Crippen molar-refractivity contribution in [3.05, 3.63) is 59.7 Å². The number of benzene rings is 2. The van der Waals surface area contributed by atoms with Gasteiger partial charge >= 0.3 is 5.97 Å². The highest BCUT2D eigenvalue weighted by Gasteiger charge is 2.16. The standard InChI is InChI=1S/C17H17NO4/c1-3-22-17(20)12-8-4-6-10-14(12)18-16(19)13-9-5-7-11-15(13)21-2/h4-11H,3H2,1-2H3,(H,18,19). The number of esters is 1. The summed E-state index contributed by atoms with van der Waals surface area (Å²) in [5.74, 6) is -0.360. The predicted molar refractivity (Wildman–Crippen MR) is 83.3 cm³/mol. The van der Waals surface area contributed by atoms with Crippen LogP contribution < -0.4 is 10.1 Å². The fourth-order valence-electron chi connectivity index (χ4n) is 2.00. The smallest absolute Gasteiger partial charge is 0.340 e. The van der Waals surface area contributed by atoms with E-state index in [4.69, 9.17) is 9.47 Å². The van der Waals surface area contributed by atoms with E-state index in [0.29, 0.717) is 22.6 Å². The zero-order chi connectivity index (χ0) is 15.9. The lowest BCUT2D eigenvalue weighted by Crippen LogP contribution is -2.16. The predicted octanol–water partition coefficient (Wildman–Crippen LogP) is 3.12. The third-order valence-corrected chi connectivity index (χ3v) is 3.02. The van der Waals surface area contributed by atoms with Crippen LogP contribution in [0.1, 0.15) is 27.6 Å². The van der Waals surface area contributed by atoms with Crippen molar-refractivity contribution in [3.63, 3.8) is 0 Å². The number of ether oxygens (including phenoxy) is 2. The molecular weight excluding hydrogens is 282 g/mol. The van der Waals surface area contributed by atoms with Gasteiger partial charge in [-0.3, -0.25) is 4.79 Å². The number of hydrogen-bond donors (Lipinski definition) is 1. The Hall–Kier alpha value is -2.82. The maximum absolute atomic E-state index is 12.4. The van der Waals surface area contributed by atoms with E-state index in [1.807, 2.05) is 0 Å². The number of hydrogen-bond acceptors (Lipinski definition) is 4. The fraction of sp³-hybridized carbons (Fsp3) is 0.176. The number of nitrogens with one attached hydrogen (secondary N) is 1. The minimum absolute atomic E-state index is 0.271. The van der Waals surface area contributed by atoms with Crippen LogP contribution in [0.2, 0.25) is 0 Å². The molecule has 2 aromatic rings. The van der Waals surface area contributed by atoms with Gasteiger partial charge < -0.3 is 14.8 Å². The molecule has 0 aliphatic rings. The monoisotopic (exact) mass is 299 g/mol. The van der Waals surface area contributed by atoms with Crippen molar-refractivity contribution in [1.29, 1.82) is 0 Å². The number of amides is 1. The molecule has 2 rings (SSSR count). The summed E-state index contributed by atoms with van der Waals surface area (Å²) in [6, 6.07) is 13.6. The minimum Gasteiger partial charge on any atom is -0.496 e. The first-order valence-corrected chi connectivity index (χ1v) is 6.88. The van der Waals surface area contributed by atoms with Crippen molar-refractivity contribution in [2.75, 3.05) is 19.0 Å². The average molecular weight is 299 g/mol. The summed E-state index contributed by atoms with van der Waals surface area (Å²) >= 11 is 0. The Labute approximate surface area is 128 Å².